The fraction of sp³-hybridized carbons (Fsp3) is 0.667. The van der Waals surface area contributed by atoms with E-state index in [4.69, 9.17) is 14.9 Å². The highest BCUT2D eigenvalue weighted by molar-refractivity contribution is 5.83. The van der Waals surface area contributed by atoms with E-state index in [1.54, 1.807) is 0 Å². The van der Waals surface area contributed by atoms with Gasteiger partial charge in [-0.2, -0.15) is 0 Å². The first kappa shape index (κ1) is 9.95. The van der Waals surface area contributed by atoms with Crippen molar-refractivity contribution >= 4 is 17.9 Å². The lowest BCUT2D eigenvalue weighted by Crippen LogP contribution is -2.29. The zero-order chi connectivity index (χ0) is 11.2. The van der Waals surface area contributed by atoms with Crippen molar-refractivity contribution in [3.8, 4) is 0 Å². The van der Waals surface area contributed by atoms with Gasteiger partial charge < -0.3 is 14.9 Å². The van der Waals surface area contributed by atoms with Crippen LogP contribution in [0.25, 0.3) is 0 Å². The highest BCUT2D eigenvalue weighted by Gasteiger charge is 2.55. The van der Waals surface area contributed by atoms with E-state index in [9.17, 15) is 14.4 Å². The van der Waals surface area contributed by atoms with Gasteiger partial charge in [0.1, 0.15) is 6.10 Å². The molecule has 2 fully saturated rings. The van der Waals surface area contributed by atoms with Crippen molar-refractivity contribution in [3.05, 3.63) is 0 Å². The number of esters is 1. The molecule has 15 heavy (non-hydrogen) atoms. The molecular formula is C9H10O6. The largest absolute Gasteiger partial charge is 0.481 e. The van der Waals surface area contributed by atoms with Crippen LogP contribution in [0.3, 0.4) is 0 Å². The molecule has 82 valence electrons. The van der Waals surface area contributed by atoms with E-state index >= 15 is 0 Å². The second-order valence-corrected chi connectivity index (χ2v) is 3.94. The van der Waals surface area contributed by atoms with E-state index in [1.165, 1.54) is 0 Å². The summed E-state index contributed by atoms with van der Waals surface area (Å²) in [5.41, 5.74) is 0. The van der Waals surface area contributed by atoms with E-state index in [0.717, 1.165) is 0 Å². The Kier molecular flexibility index (Phi) is 2.13. The van der Waals surface area contributed by atoms with Crippen LogP contribution in [0.4, 0.5) is 0 Å². The summed E-state index contributed by atoms with van der Waals surface area (Å²) in [6, 6.07) is 0. The summed E-state index contributed by atoms with van der Waals surface area (Å²) in [5.74, 6) is -5.14. The number of hydrogen-bond donors (Lipinski definition) is 2. The molecule has 2 rings (SSSR count). The number of carbonyl (C=O) groups excluding carboxylic acids is 1. The molecule has 1 saturated carbocycles. The van der Waals surface area contributed by atoms with Crippen molar-refractivity contribution < 1.29 is 29.3 Å². The van der Waals surface area contributed by atoms with E-state index in [0.29, 0.717) is 0 Å². The number of carboxylic acids is 2. The molecule has 1 aliphatic heterocycles. The number of fused-ring (bicyclic) bond motifs is 1. The van der Waals surface area contributed by atoms with Gasteiger partial charge in [-0.25, -0.2) is 0 Å². The third kappa shape index (κ3) is 1.45. The van der Waals surface area contributed by atoms with E-state index in [1.807, 2.05) is 0 Å². The predicted octanol–water partition coefficient (Wildman–Crippen LogP) is -0.277. The zero-order valence-corrected chi connectivity index (χ0v) is 7.75. The Morgan fingerprint density at radius 2 is 1.93 bits per heavy atom. The van der Waals surface area contributed by atoms with Crippen LogP contribution >= 0.6 is 0 Å². The Labute approximate surface area is 84.8 Å². The SMILES string of the molecule is O=C1C[C@H]2[C@@H](C(=O)O)[C@@H](C(=O)O)C[C@H]2O1. The molecule has 2 aliphatic rings. The van der Waals surface area contributed by atoms with Gasteiger partial charge >= 0.3 is 17.9 Å². The van der Waals surface area contributed by atoms with Crippen LogP contribution in [0, 0.1) is 17.8 Å². The van der Waals surface area contributed by atoms with Crippen LogP contribution in [0.1, 0.15) is 12.8 Å². The van der Waals surface area contributed by atoms with E-state index < -0.39 is 41.8 Å². The standard InChI is InChI=1S/C9H10O6/c10-6-2-3-5(15-6)1-4(8(11)12)7(3)9(13)14/h3-5,7H,1-2H2,(H,11,12)(H,13,14)/t3-,4+,5-,7-/m1/s1. The molecule has 0 amide bonds. The molecule has 0 aromatic rings. The van der Waals surface area contributed by atoms with Crippen LogP contribution in [-0.2, 0) is 19.1 Å². The third-order valence-electron chi connectivity index (χ3n) is 3.15. The molecule has 6 heteroatoms. The lowest BCUT2D eigenvalue weighted by atomic mass is 9.88. The van der Waals surface area contributed by atoms with Crippen LogP contribution in [-0.4, -0.2) is 34.2 Å². The highest BCUT2D eigenvalue weighted by Crippen LogP contribution is 2.45. The average molecular weight is 214 g/mol. The summed E-state index contributed by atoms with van der Waals surface area (Å²) < 4.78 is 4.88. The number of carboxylic acid groups (broad SMARTS) is 2. The normalized spacial score (nSPS) is 38.5. The van der Waals surface area contributed by atoms with Crippen molar-refractivity contribution in [1.82, 2.24) is 0 Å². The fourth-order valence-electron chi connectivity index (χ4n) is 2.51. The second kappa shape index (κ2) is 3.22. The van der Waals surface area contributed by atoms with Crippen LogP contribution in [0.5, 0.6) is 0 Å². The molecular weight excluding hydrogens is 204 g/mol. The third-order valence-corrected chi connectivity index (χ3v) is 3.15. The minimum absolute atomic E-state index is 0.0193. The van der Waals surface area contributed by atoms with Gasteiger partial charge in [0.05, 0.1) is 18.3 Å². The Balaban J connectivity index is 2.24. The van der Waals surface area contributed by atoms with Gasteiger partial charge in [0.15, 0.2) is 0 Å². The molecule has 2 N–H and O–H groups in total. The van der Waals surface area contributed by atoms with E-state index in [2.05, 4.69) is 0 Å². The summed E-state index contributed by atoms with van der Waals surface area (Å²) in [4.78, 5) is 32.7. The lowest BCUT2D eigenvalue weighted by Gasteiger charge is -2.14. The molecule has 0 spiro atoms. The van der Waals surface area contributed by atoms with Gasteiger partial charge in [-0.3, -0.25) is 14.4 Å². The molecule has 1 aliphatic carbocycles. The smallest absolute Gasteiger partial charge is 0.307 e. The fourth-order valence-corrected chi connectivity index (χ4v) is 2.51. The first-order valence-corrected chi connectivity index (χ1v) is 4.66. The highest BCUT2D eigenvalue weighted by atomic mass is 16.6. The maximum Gasteiger partial charge on any atom is 0.307 e. The molecule has 0 aromatic heterocycles. The average Bonchev–Trinajstić information content (AvgIpc) is 2.58. The van der Waals surface area contributed by atoms with Gasteiger partial charge in [0.25, 0.3) is 0 Å². The molecule has 0 bridgehead atoms. The predicted molar refractivity (Wildman–Crippen MR) is 44.9 cm³/mol. The van der Waals surface area contributed by atoms with Crippen molar-refractivity contribution in [2.45, 2.75) is 18.9 Å². The second-order valence-electron chi connectivity index (χ2n) is 3.94. The lowest BCUT2D eigenvalue weighted by molar-refractivity contribution is -0.154. The molecule has 6 nitrogen and oxygen atoms in total. The maximum absolute atomic E-state index is 10.9. The maximum atomic E-state index is 10.9. The Hall–Kier alpha value is -1.59. The molecule has 0 unspecified atom stereocenters. The number of rotatable bonds is 2. The van der Waals surface area contributed by atoms with Crippen LogP contribution in [0.15, 0.2) is 0 Å². The number of aliphatic carboxylic acids is 2. The zero-order valence-electron chi connectivity index (χ0n) is 7.75. The summed E-state index contributed by atoms with van der Waals surface area (Å²) in [5, 5.41) is 17.8. The van der Waals surface area contributed by atoms with Gasteiger partial charge in [-0.1, -0.05) is 0 Å². The number of ether oxygens (including phenoxy) is 1. The van der Waals surface area contributed by atoms with Crippen molar-refractivity contribution in [3.63, 3.8) is 0 Å². The summed E-state index contributed by atoms with van der Waals surface area (Å²) >= 11 is 0. The van der Waals surface area contributed by atoms with Gasteiger partial charge in [0.2, 0.25) is 0 Å². The number of carbonyl (C=O) groups is 3. The van der Waals surface area contributed by atoms with Crippen molar-refractivity contribution in [1.29, 1.82) is 0 Å². The van der Waals surface area contributed by atoms with Gasteiger partial charge in [-0.15, -0.1) is 0 Å². The quantitative estimate of drug-likeness (QED) is 0.613. The van der Waals surface area contributed by atoms with Crippen molar-refractivity contribution in [2.75, 3.05) is 0 Å². The van der Waals surface area contributed by atoms with Crippen molar-refractivity contribution in [2.24, 2.45) is 17.8 Å². The molecule has 0 aromatic carbocycles. The Morgan fingerprint density at radius 1 is 1.27 bits per heavy atom. The minimum atomic E-state index is -1.16. The van der Waals surface area contributed by atoms with Gasteiger partial charge in [0, 0.05) is 5.92 Å². The Bertz CT molecular complexity index is 335. The molecule has 1 saturated heterocycles. The minimum Gasteiger partial charge on any atom is -0.481 e. The van der Waals surface area contributed by atoms with Crippen LogP contribution in [0.2, 0.25) is 0 Å². The number of hydrogen-bond acceptors (Lipinski definition) is 4. The summed E-state index contributed by atoms with van der Waals surface area (Å²) in [7, 11) is 0. The van der Waals surface area contributed by atoms with Gasteiger partial charge in [-0.05, 0) is 6.42 Å². The molecule has 0 radical (unpaired) electrons. The monoisotopic (exact) mass is 214 g/mol. The summed E-state index contributed by atoms with van der Waals surface area (Å²) in [6.45, 7) is 0. The Morgan fingerprint density at radius 3 is 2.47 bits per heavy atom. The van der Waals surface area contributed by atoms with Crippen LogP contribution < -0.4 is 0 Å². The first-order chi connectivity index (χ1) is 7.00. The molecule has 4 atom stereocenters. The van der Waals surface area contributed by atoms with E-state index in [-0.39, 0.29) is 12.8 Å². The first-order valence-electron chi connectivity index (χ1n) is 4.66. The topological polar surface area (TPSA) is 101 Å². The summed E-state index contributed by atoms with van der Waals surface area (Å²) in [6.07, 6.45) is -0.395. The molecule has 1 heterocycles.